The number of imidazole rings is 1. The zero-order valence-electron chi connectivity index (χ0n) is 43.1. The van der Waals surface area contributed by atoms with Gasteiger partial charge in [0, 0.05) is 24.7 Å². The highest BCUT2D eigenvalue weighted by atomic mass is 16.4. The van der Waals surface area contributed by atoms with Gasteiger partial charge in [-0.05, 0) is 49.9 Å². The lowest BCUT2D eigenvalue weighted by Gasteiger charge is -2.31. The van der Waals surface area contributed by atoms with Gasteiger partial charge in [0.2, 0.25) is 47.3 Å². The van der Waals surface area contributed by atoms with Gasteiger partial charge in [-0.25, -0.2) is 9.78 Å². The molecule has 1 rings (SSSR count). The van der Waals surface area contributed by atoms with Crippen LogP contribution in [0.1, 0.15) is 113 Å². The van der Waals surface area contributed by atoms with Crippen LogP contribution in [0.4, 0.5) is 0 Å². The third-order valence-corrected chi connectivity index (χ3v) is 11.4. The second-order valence-corrected chi connectivity index (χ2v) is 19.2. The first kappa shape index (κ1) is 64.8. The van der Waals surface area contributed by atoms with Crippen LogP contribution in [0, 0.1) is 23.7 Å². The Morgan fingerprint density at radius 1 is 0.541 bits per heavy atom. The van der Waals surface area contributed by atoms with Gasteiger partial charge in [-0.3, -0.25) is 52.7 Å². The van der Waals surface area contributed by atoms with Gasteiger partial charge < -0.3 is 78.8 Å². The number of carboxylic acid groups (broad SMARTS) is 4. The van der Waals surface area contributed by atoms with E-state index in [2.05, 4.69) is 52.5 Å². The number of carboxylic acids is 4. The number of hydrogen-bond acceptors (Lipinski definition) is 15. The van der Waals surface area contributed by atoms with Gasteiger partial charge in [0.25, 0.3) is 0 Å². The topological polar surface area (TPSA) is 457 Å². The number of carbonyl (C=O) groups is 12. The zero-order chi connectivity index (χ0) is 56.7. The van der Waals surface area contributed by atoms with E-state index in [1.54, 1.807) is 41.5 Å². The lowest BCUT2D eigenvalue weighted by atomic mass is 9.95. The predicted molar refractivity (Wildman–Crippen MR) is 260 cm³/mol. The van der Waals surface area contributed by atoms with E-state index in [0.29, 0.717) is 0 Å². The summed E-state index contributed by atoms with van der Waals surface area (Å²) in [6.45, 7) is 14.3. The number of nitrogens with two attached hydrogens (primary N) is 1. The number of rotatable bonds is 34. The smallest absolute Gasteiger partial charge is 0.326 e. The van der Waals surface area contributed by atoms with Gasteiger partial charge in [-0.2, -0.15) is 0 Å². The Balaban J connectivity index is 3.47. The summed E-state index contributed by atoms with van der Waals surface area (Å²) in [5.41, 5.74) is 6.02. The molecule has 0 bridgehead atoms. The van der Waals surface area contributed by atoms with Crippen LogP contribution in [0.3, 0.4) is 0 Å². The molecule has 8 amide bonds. The van der Waals surface area contributed by atoms with Crippen LogP contribution in [0.2, 0.25) is 0 Å². The van der Waals surface area contributed by atoms with Gasteiger partial charge in [0.1, 0.15) is 48.3 Å². The van der Waals surface area contributed by atoms with Crippen LogP contribution in [0.5, 0.6) is 0 Å². The number of aromatic nitrogens is 2. The van der Waals surface area contributed by atoms with Gasteiger partial charge in [-0.1, -0.05) is 61.8 Å². The van der Waals surface area contributed by atoms with E-state index in [1.807, 2.05) is 0 Å². The van der Waals surface area contributed by atoms with Gasteiger partial charge in [0.15, 0.2) is 0 Å². The zero-order valence-corrected chi connectivity index (χ0v) is 43.1. The highest BCUT2D eigenvalue weighted by Crippen LogP contribution is 2.14. The van der Waals surface area contributed by atoms with Crippen LogP contribution in [0.15, 0.2) is 12.5 Å². The molecule has 74 heavy (non-hydrogen) atoms. The number of carbonyl (C=O) groups excluding carboxylic acids is 8. The molecule has 0 aromatic carbocycles. The molecule has 0 saturated carbocycles. The molecular weight excluding hydrogens is 979 g/mol. The Morgan fingerprint density at radius 2 is 0.959 bits per heavy atom. The Bertz CT molecular complexity index is 2120. The molecule has 0 aliphatic rings. The van der Waals surface area contributed by atoms with Gasteiger partial charge >= 0.3 is 23.9 Å². The fourth-order valence-electron chi connectivity index (χ4n) is 7.14. The predicted octanol–water partition coefficient (Wildman–Crippen LogP) is -2.77. The molecule has 0 unspecified atom stereocenters. The molecule has 0 aliphatic carbocycles. The van der Waals surface area contributed by atoms with E-state index in [4.69, 9.17) is 10.8 Å². The van der Waals surface area contributed by atoms with Gasteiger partial charge in [-0.15, -0.1) is 0 Å². The maximum Gasteiger partial charge on any atom is 0.326 e. The molecule has 1 heterocycles. The van der Waals surface area contributed by atoms with Crippen molar-refractivity contribution in [2.75, 3.05) is 0 Å². The molecule has 28 nitrogen and oxygen atoms in total. The van der Waals surface area contributed by atoms with Crippen molar-refractivity contribution in [3.8, 4) is 0 Å². The van der Waals surface area contributed by atoms with E-state index in [0.717, 1.165) is 6.92 Å². The summed E-state index contributed by atoms with van der Waals surface area (Å²) in [5, 5.41) is 67.3. The number of aliphatic carboxylic acids is 4. The number of aliphatic hydroxyl groups excluding tert-OH is 1. The fourth-order valence-corrected chi connectivity index (χ4v) is 7.14. The largest absolute Gasteiger partial charge is 0.481 e. The van der Waals surface area contributed by atoms with Crippen molar-refractivity contribution >= 4 is 71.1 Å². The number of amides is 8. The molecule has 0 fully saturated rings. The SMILES string of the molecule is CC[C@H](C)[C@H](NC(=O)[C@H](CC(C)C)NC(=O)[C@H](CC(=O)O)NC(=O)[C@H](Cc1cnc[nH]1)NC(=O)[C@@H](NC(=O)[C@@H](N)CCC(=O)O)[C@@H](C)O)C(=O)N[C@H](C(=O)N[C@@H](CC(=O)O)C(=O)N[C@@H](CC(C)C)C(=O)O)C(C)C. The molecule has 16 N–H and O–H groups in total. The number of hydrogen-bond donors (Lipinski definition) is 15. The maximum atomic E-state index is 14.1. The van der Waals surface area contributed by atoms with E-state index in [-0.39, 0.29) is 49.6 Å². The average Bonchev–Trinajstić information content (AvgIpc) is 3.81. The Labute approximate surface area is 427 Å². The first-order valence-electron chi connectivity index (χ1n) is 24.1. The summed E-state index contributed by atoms with van der Waals surface area (Å²) in [6.07, 6.45) is -2.06. The third kappa shape index (κ3) is 23.1. The normalized spacial score (nSPS) is 15.8. The van der Waals surface area contributed by atoms with E-state index < -0.39 is 163 Å². The fraction of sp³-hybridized carbons (Fsp3) is 0.674. The molecule has 28 heteroatoms. The molecule has 11 atom stereocenters. The third-order valence-electron chi connectivity index (χ3n) is 11.4. The van der Waals surface area contributed by atoms with Crippen LogP contribution in [0.25, 0.3) is 0 Å². The molecule has 0 saturated heterocycles. The molecule has 1 aromatic heterocycles. The number of nitrogens with zero attached hydrogens (tertiary/aromatic N) is 1. The molecular formula is C46H75N11O17. The summed E-state index contributed by atoms with van der Waals surface area (Å²) >= 11 is 0. The maximum absolute atomic E-state index is 14.1. The minimum atomic E-state index is -1.92. The van der Waals surface area contributed by atoms with Crippen LogP contribution in [-0.2, 0) is 64.0 Å². The molecule has 416 valence electrons. The molecule has 0 spiro atoms. The monoisotopic (exact) mass is 1050 g/mol. The van der Waals surface area contributed by atoms with Crippen molar-refractivity contribution in [3.63, 3.8) is 0 Å². The molecule has 0 radical (unpaired) electrons. The summed E-state index contributed by atoms with van der Waals surface area (Å²) in [7, 11) is 0. The number of nitrogens with one attached hydrogen (secondary N) is 9. The van der Waals surface area contributed by atoms with Crippen molar-refractivity contribution < 1.29 is 83.1 Å². The average molecular weight is 1050 g/mol. The highest BCUT2D eigenvalue weighted by Gasteiger charge is 2.38. The Kier molecular flexibility index (Phi) is 27.5. The number of aromatic amines is 1. The van der Waals surface area contributed by atoms with Crippen molar-refractivity contribution in [1.82, 2.24) is 52.5 Å². The van der Waals surface area contributed by atoms with Crippen molar-refractivity contribution in [2.45, 2.75) is 174 Å². The van der Waals surface area contributed by atoms with Crippen LogP contribution >= 0.6 is 0 Å². The summed E-state index contributed by atoms with van der Waals surface area (Å²) < 4.78 is 0. The van der Waals surface area contributed by atoms with Crippen LogP contribution in [-0.4, -0.2) is 167 Å². The minimum Gasteiger partial charge on any atom is -0.481 e. The van der Waals surface area contributed by atoms with Crippen LogP contribution < -0.4 is 48.3 Å². The van der Waals surface area contributed by atoms with Crippen molar-refractivity contribution in [2.24, 2.45) is 29.4 Å². The first-order valence-corrected chi connectivity index (χ1v) is 24.1. The summed E-state index contributed by atoms with van der Waals surface area (Å²) in [5.74, 6) is -16.0. The summed E-state index contributed by atoms with van der Waals surface area (Å²) in [6, 6.07) is -14.2. The number of aliphatic hydroxyl groups is 1. The quantitative estimate of drug-likeness (QED) is 0.0332. The second kappa shape index (κ2) is 31.4. The molecule has 0 aliphatic heterocycles. The lowest BCUT2D eigenvalue weighted by Crippen LogP contribution is -2.62. The van der Waals surface area contributed by atoms with Gasteiger partial charge in [0.05, 0.1) is 31.3 Å². The first-order chi connectivity index (χ1) is 34.4. The Hall–Kier alpha value is -7.23. The highest BCUT2D eigenvalue weighted by molar-refractivity contribution is 5.99. The van der Waals surface area contributed by atoms with Crippen molar-refractivity contribution in [3.05, 3.63) is 18.2 Å². The standard InChI is InChI=1S/C46H75N11O17/c1-10-23(8)36(44(71)55-35(22(6)7)43(70)53-30(17-34(63)64)41(68)54-31(46(73)74)14-21(4)5)56-42(69)27(13-20(2)3)50-40(67)29(16-33(61)62)51-39(66)28(15-25-18-48-19-49-25)52-45(72)37(24(9)58)57-38(65)26(47)11-12-32(59)60/h18-24,26-31,35-37,58H,10-17,47H2,1-9H3,(H,48,49)(H,50,67)(H,51,66)(H,52,72)(H,53,70)(H,54,68)(H,55,71)(H,56,69)(H,57,65)(H,59,60)(H,61,62)(H,63,64)(H,73,74)/t23-,24+,26-,27-,28-,29-,30-,31-,35-,36-,37-/m0/s1. The summed E-state index contributed by atoms with van der Waals surface area (Å²) in [4.78, 5) is 163. The van der Waals surface area contributed by atoms with Crippen molar-refractivity contribution in [1.29, 1.82) is 0 Å². The van der Waals surface area contributed by atoms with E-state index >= 15 is 0 Å². The Morgan fingerprint density at radius 3 is 1.41 bits per heavy atom. The second-order valence-electron chi connectivity index (χ2n) is 19.2. The lowest BCUT2D eigenvalue weighted by molar-refractivity contribution is -0.144. The minimum absolute atomic E-state index is 0.00624. The van der Waals surface area contributed by atoms with E-state index in [1.165, 1.54) is 26.4 Å². The molecule has 1 aromatic rings. The van der Waals surface area contributed by atoms with E-state index in [9.17, 15) is 78.0 Å². The number of H-pyrrole nitrogens is 1.